The Labute approximate surface area is 180 Å². The number of nitrogens with zero attached hydrogens (tertiary/aromatic N) is 1. The lowest BCUT2D eigenvalue weighted by atomic mass is 9.92. The molecule has 4 nitrogen and oxygen atoms in total. The molecule has 0 saturated heterocycles. The van der Waals surface area contributed by atoms with Crippen LogP contribution < -0.4 is 0 Å². The second-order valence-electron chi connectivity index (χ2n) is 8.00. The Morgan fingerprint density at radius 1 is 1.10 bits per heavy atom. The summed E-state index contributed by atoms with van der Waals surface area (Å²) in [5.74, 6) is -0.258. The van der Waals surface area contributed by atoms with Gasteiger partial charge in [0.1, 0.15) is 18.5 Å². The highest BCUT2D eigenvalue weighted by molar-refractivity contribution is 5.86. The maximum absolute atomic E-state index is 13.9. The summed E-state index contributed by atoms with van der Waals surface area (Å²) in [5, 5.41) is 0.879. The number of halogens is 1. The van der Waals surface area contributed by atoms with Crippen molar-refractivity contribution < 1.29 is 13.9 Å². The van der Waals surface area contributed by atoms with Crippen molar-refractivity contribution >= 4 is 17.0 Å². The van der Waals surface area contributed by atoms with E-state index < -0.39 is 0 Å². The molecule has 0 aliphatic carbocycles. The number of hydrogen-bond donors (Lipinski definition) is 1. The van der Waals surface area contributed by atoms with Crippen molar-refractivity contribution in [2.75, 3.05) is 6.54 Å². The summed E-state index contributed by atoms with van der Waals surface area (Å²) in [7, 11) is 0. The highest BCUT2D eigenvalue weighted by atomic mass is 19.1. The monoisotopic (exact) mass is 414 g/mol. The van der Waals surface area contributed by atoms with Gasteiger partial charge in [-0.15, -0.1) is 0 Å². The van der Waals surface area contributed by atoms with Crippen LogP contribution in [0.25, 0.3) is 10.9 Å². The average Bonchev–Trinajstić information content (AvgIpc) is 3.16. The minimum Gasteiger partial charge on any atom is -0.445 e. The van der Waals surface area contributed by atoms with Crippen molar-refractivity contribution in [3.8, 4) is 0 Å². The van der Waals surface area contributed by atoms with E-state index in [1.54, 1.807) is 17.0 Å². The molecule has 5 heteroatoms. The molecular formula is C26H23FN2O2. The molecule has 1 atom stereocenters. The van der Waals surface area contributed by atoms with E-state index in [1.165, 1.54) is 6.07 Å². The number of benzene rings is 3. The number of hydrogen-bond acceptors (Lipinski definition) is 2. The number of rotatable bonds is 3. The van der Waals surface area contributed by atoms with Crippen LogP contribution in [0.15, 0.2) is 72.8 Å². The molecule has 1 aromatic heterocycles. The molecule has 31 heavy (non-hydrogen) atoms. The van der Waals surface area contributed by atoms with Crippen LogP contribution >= 0.6 is 0 Å². The molecule has 1 aliphatic heterocycles. The van der Waals surface area contributed by atoms with Gasteiger partial charge in [0.05, 0.1) is 0 Å². The third-order valence-corrected chi connectivity index (χ3v) is 5.92. The number of ether oxygens (including phenoxy) is 1. The smallest absolute Gasteiger partial charge is 0.410 e. The number of aryl methyl sites for hydroxylation is 1. The Balaban J connectivity index is 1.52. The fourth-order valence-electron chi connectivity index (χ4n) is 4.35. The van der Waals surface area contributed by atoms with E-state index in [9.17, 15) is 9.18 Å². The molecular weight excluding hydrogens is 391 g/mol. The SMILES string of the molecule is Cc1ccc(C2c3[nH]c4ccc(F)cc4c3CCN2C(=O)OCc2ccccc2)cc1. The van der Waals surface area contributed by atoms with Crippen LogP contribution in [0, 0.1) is 12.7 Å². The van der Waals surface area contributed by atoms with Crippen LogP contribution in [-0.2, 0) is 17.8 Å². The van der Waals surface area contributed by atoms with Crippen LogP contribution in [0.4, 0.5) is 9.18 Å². The molecule has 2 heterocycles. The largest absolute Gasteiger partial charge is 0.445 e. The third-order valence-electron chi connectivity index (χ3n) is 5.92. The van der Waals surface area contributed by atoms with E-state index in [4.69, 9.17) is 4.74 Å². The Bertz CT molecular complexity index is 1230. The first-order chi connectivity index (χ1) is 15.1. The minimum absolute atomic E-state index is 0.224. The molecule has 4 aromatic rings. The summed E-state index contributed by atoms with van der Waals surface area (Å²) in [6, 6.07) is 22.3. The first-order valence-electron chi connectivity index (χ1n) is 10.4. The number of nitrogens with one attached hydrogen (secondary N) is 1. The van der Waals surface area contributed by atoms with Crippen LogP contribution in [0.3, 0.4) is 0 Å². The number of fused-ring (bicyclic) bond motifs is 3. The van der Waals surface area contributed by atoms with E-state index in [0.29, 0.717) is 13.0 Å². The summed E-state index contributed by atoms with van der Waals surface area (Å²) >= 11 is 0. The fraction of sp³-hybridized carbons (Fsp3) is 0.192. The second kappa shape index (κ2) is 7.91. The van der Waals surface area contributed by atoms with Gasteiger partial charge in [0, 0.05) is 23.1 Å². The number of carbonyl (C=O) groups excluding carboxylic acids is 1. The Hall–Kier alpha value is -3.60. The maximum Gasteiger partial charge on any atom is 0.410 e. The van der Waals surface area contributed by atoms with Gasteiger partial charge in [-0.3, -0.25) is 4.90 Å². The predicted octanol–water partition coefficient (Wildman–Crippen LogP) is 5.90. The number of aromatic amines is 1. The molecule has 0 saturated carbocycles. The van der Waals surface area contributed by atoms with Crippen molar-refractivity contribution in [3.63, 3.8) is 0 Å². The average molecular weight is 414 g/mol. The van der Waals surface area contributed by atoms with Crippen LogP contribution in [0.1, 0.15) is 34.0 Å². The van der Waals surface area contributed by atoms with Crippen molar-refractivity contribution in [3.05, 3.63) is 107 Å². The zero-order valence-corrected chi connectivity index (χ0v) is 17.3. The Kier molecular flexibility index (Phi) is 4.94. The molecule has 3 aromatic carbocycles. The molecule has 0 radical (unpaired) electrons. The molecule has 156 valence electrons. The zero-order chi connectivity index (χ0) is 21.4. The van der Waals surface area contributed by atoms with Crippen molar-refractivity contribution in [1.82, 2.24) is 9.88 Å². The second-order valence-corrected chi connectivity index (χ2v) is 8.00. The quantitative estimate of drug-likeness (QED) is 0.454. The minimum atomic E-state index is -0.357. The molecule has 1 N–H and O–H groups in total. The Morgan fingerprint density at radius 2 is 1.87 bits per heavy atom. The third kappa shape index (κ3) is 3.67. The zero-order valence-electron chi connectivity index (χ0n) is 17.3. The summed E-state index contributed by atoms with van der Waals surface area (Å²) in [6.07, 6.45) is 0.284. The number of carbonyl (C=O) groups is 1. The predicted molar refractivity (Wildman–Crippen MR) is 118 cm³/mol. The standard InChI is InChI=1S/C26H23FN2O2/c1-17-7-9-19(10-8-17)25-24-21(22-15-20(27)11-12-23(22)28-24)13-14-29(25)26(30)31-16-18-5-3-2-4-6-18/h2-12,15,25,28H,13-14,16H2,1H3. The summed E-state index contributed by atoms with van der Waals surface area (Å²) in [6.45, 7) is 2.76. The van der Waals surface area contributed by atoms with E-state index >= 15 is 0 Å². The number of H-pyrrole nitrogens is 1. The van der Waals surface area contributed by atoms with Gasteiger partial charge in [0.25, 0.3) is 0 Å². The lowest BCUT2D eigenvalue weighted by molar-refractivity contribution is 0.0832. The lowest BCUT2D eigenvalue weighted by Gasteiger charge is -2.35. The fourth-order valence-corrected chi connectivity index (χ4v) is 4.35. The number of amides is 1. The normalized spacial score (nSPS) is 15.7. The molecule has 1 aliphatic rings. The molecule has 1 amide bonds. The molecule has 5 rings (SSSR count). The summed E-state index contributed by atoms with van der Waals surface area (Å²) in [4.78, 5) is 18.3. The van der Waals surface area contributed by atoms with Gasteiger partial charge in [0.2, 0.25) is 0 Å². The topological polar surface area (TPSA) is 45.3 Å². The van der Waals surface area contributed by atoms with Gasteiger partial charge in [-0.2, -0.15) is 0 Å². The van der Waals surface area contributed by atoms with Gasteiger partial charge in [-0.05, 0) is 48.2 Å². The molecule has 1 unspecified atom stereocenters. The van der Waals surface area contributed by atoms with E-state index in [1.807, 2.05) is 61.5 Å². The molecule has 0 bridgehead atoms. The summed E-state index contributed by atoms with van der Waals surface area (Å²) in [5.41, 5.74) is 5.95. The maximum atomic E-state index is 13.9. The van der Waals surface area contributed by atoms with Crippen LogP contribution in [0.2, 0.25) is 0 Å². The van der Waals surface area contributed by atoms with Gasteiger partial charge in [0.15, 0.2) is 0 Å². The van der Waals surface area contributed by atoms with Gasteiger partial charge in [-0.25, -0.2) is 9.18 Å². The lowest BCUT2D eigenvalue weighted by Crippen LogP contribution is -2.40. The highest BCUT2D eigenvalue weighted by Crippen LogP contribution is 2.39. The number of aromatic nitrogens is 1. The van der Waals surface area contributed by atoms with E-state index in [-0.39, 0.29) is 24.6 Å². The van der Waals surface area contributed by atoms with Gasteiger partial charge >= 0.3 is 6.09 Å². The van der Waals surface area contributed by atoms with Gasteiger partial charge < -0.3 is 9.72 Å². The van der Waals surface area contributed by atoms with E-state index in [2.05, 4.69) is 4.98 Å². The van der Waals surface area contributed by atoms with Gasteiger partial charge in [-0.1, -0.05) is 60.2 Å². The van der Waals surface area contributed by atoms with Crippen molar-refractivity contribution in [1.29, 1.82) is 0 Å². The van der Waals surface area contributed by atoms with Crippen molar-refractivity contribution in [2.45, 2.75) is 26.0 Å². The molecule has 0 fully saturated rings. The van der Waals surface area contributed by atoms with Crippen LogP contribution in [-0.4, -0.2) is 22.5 Å². The van der Waals surface area contributed by atoms with Crippen molar-refractivity contribution in [2.24, 2.45) is 0 Å². The first-order valence-corrected chi connectivity index (χ1v) is 10.4. The first kappa shape index (κ1) is 19.4. The van der Waals surface area contributed by atoms with E-state index in [0.717, 1.165) is 38.9 Å². The Morgan fingerprint density at radius 3 is 2.65 bits per heavy atom. The molecule has 0 spiro atoms. The van der Waals surface area contributed by atoms with Crippen LogP contribution in [0.5, 0.6) is 0 Å². The highest BCUT2D eigenvalue weighted by Gasteiger charge is 2.35. The summed E-state index contributed by atoms with van der Waals surface area (Å²) < 4.78 is 19.6.